The van der Waals surface area contributed by atoms with E-state index in [-0.39, 0.29) is 5.92 Å². The average Bonchev–Trinajstić information content (AvgIpc) is 2.29. The minimum absolute atomic E-state index is 0.188. The van der Waals surface area contributed by atoms with Gasteiger partial charge in [0.15, 0.2) is 0 Å². The van der Waals surface area contributed by atoms with Crippen LogP contribution in [0.4, 0.5) is 0 Å². The number of Topliss-reactive ketones (excluding diaryl/α,β-unsaturated/α-hetero) is 1. The summed E-state index contributed by atoms with van der Waals surface area (Å²) < 4.78 is 0. The smallest absolute Gasteiger partial charge is 0.136 e. The maximum Gasteiger partial charge on any atom is 0.136 e. The van der Waals surface area contributed by atoms with Crippen molar-refractivity contribution in [3.63, 3.8) is 0 Å². The third-order valence-corrected chi connectivity index (χ3v) is 4.85. The zero-order valence-corrected chi connectivity index (χ0v) is 12.2. The highest BCUT2D eigenvalue weighted by Crippen LogP contribution is 2.48. The molecule has 18 heavy (non-hydrogen) atoms. The van der Waals surface area contributed by atoms with E-state index >= 15 is 0 Å². The number of hydrogen-bond acceptors (Lipinski definition) is 3. The number of carbonyl (C=O) groups is 1. The van der Waals surface area contributed by atoms with Crippen molar-refractivity contribution in [1.82, 2.24) is 10.2 Å². The van der Waals surface area contributed by atoms with Crippen LogP contribution < -0.4 is 5.32 Å². The first-order chi connectivity index (χ1) is 8.51. The van der Waals surface area contributed by atoms with Gasteiger partial charge in [-0.05, 0) is 51.2 Å². The predicted molar refractivity (Wildman–Crippen MR) is 74.7 cm³/mol. The fourth-order valence-electron chi connectivity index (χ4n) is 3.32. The molecule has 0 amide bonds. The second-order valence-electron chi connectivity index (χ2n) is 6.73. The number of nitrogens with one attached hydrogen (secondary N) is 1. The number of likely N-dealkylation sites (tertiary alicyclic amines) is 1. The first kappa shape index (κ1) is 14.0. The lowest BCUT2D eigenvalue weighted by atomic mass is 9.60. The number of ketones is 1. The van der Waals surface area contributed by atoms with Crippen LogP contribution in [0.1, 0.15) is 46.0 Å². The largest absolute Gasteiger partial charge is 0.314 e. The van der Waals surface area contributed by atoms with Gasteiger partial charge in [0.05, 0.1) is 0 Å². The van der Waals surface area contributed by atoms with Gasteiger partial charge in [0, 0.05) is 24.9 Å². The van der Waals surface area contributed by atoms with Crippen LogP contribution in [-0.4, -0.2) is 43.4 Å². The van der Waals surface area contributed by atoms with Crippen molar-refractivity contribution in [3.8, 4) is 0 Å². The Kier molecular flexibility index (Phi) is 4.44. The summed E-state index contributed by atoms with van der Waals surface area (Å²) in [6, 6.07) is 0.674. The summed E-state index contributed by atoms with van der Waals surface area (Å²) in [5.41, 5.74) is 0.645. The molecule has 3 nitrogen and oxygen atoms in total. The summed E-state index contributed by atoms with van der Waals surface area (Å²) in [5.74, 6) is 0.573. The molecule has 0 bridgehead atoms. The van der Waals surface area contributed by atoms with Crippen LogP contribution >= 0.6 is 0 Å². The summed E-state index contributed by atoms with van der Waals surface area (Å²) in [6.07, 6.45) is 6.09. The molecule has 2 aliphatic rings. The van der Waals surface area contributed by atoms with Crippen molar-refractivity contribution in [2.75, 3.05) is 26.7 Å². The van der Waals surface area contributed by atoms with E-state index in [0.717, 1.165) is 6.54 Å². The van der Waals surface area contributed by atoms with Gasteiger partial charge < -0.3 is 10.2 Å². The fourth-order valence-corrected chi connectivity index (χ4v) is 3.32. The summed E-state index contributed by atoms with van der Waals surface area (Å²) in [7, 11) is 2.22. The molecule has 0 aromatic heterocycles. The molecule has 1 N–H and O–H groups in total. The van der Waals surface area contributed by atoms with Crippen LogP contribution in [-0.2, 0) is 4.79 Å². The lowest BCUT2D eigenvalue weighted by Crippen LogP contribution is -2.53. The van der Waals surface area contributed by atoms with Crippen molar-refractivity contribution >= 4 is 5.78 Å². The third kappa shape index (κ3) is 3.33. The molecule has 1 aliphatic heterocycles. The standard InChI is InChI=1S/C15H28N2O/c1-12(2)14(18)4-7-16-13-10-15(11-13)5-8-17(3)9-6-15/h12-13,16H,4-11H2,1-3H3. The molecule has 0 aromatic rings. The third-order valence-electron chi connectivity index (χ3n) is 4.85. The number of carbonyl (C=O) groups excluding carboxylic acids is 1. The van der Waals surface area contributed by atoms with Crippen molar-refractivity contribution in [2.24, 2.45) is 11.3 Å². The molecule has 104 valence electrons. The topological polar surface area (TPSA) is 32.3 Å². The first-order valence-electron chi connectivity index (χ1n) is 7.45. The Bertz CT molecular complexity index is 285. The first-order valence-corrected chi connectivity index (χ1v) is 7.45. The van der Waals surface area contributed by atoms with Crippen LogP contribution in [0.25, 0.3) is 0 Å². The summed E-state index contributed by atoms with van der Waals surface area (Å²) >= 11 is 0. The Hall–Kier alpha value is -0.410. The van der Waals surface area contributed by atoms with Crippen LogP contribution in [0.3, 0.4) is 0 Å². The lowest BCUT2D eigenvalue weighted by Gasteiger charge is -2.52. The minimum Gasteiger partial charge on any atom is -0.314 e. The molecule has 0 aromatic carbocycles. The Morgan fingerprint density at radius 3 is 2.50 bits per heavy atom. The molecule has 1 aliphatic carbocycles. The number of nitrogens with zero attached hydrogens (tertiary/aromatic N) is 1. The number of rotatable bonds is 5. The van der Waals surface area contributed by atoms with Gasteiger partial charge in [0.2, 0.25) is 0 Å². The van der Waals surface area contributed by atoms with Gasteiger partial charge in [0.1, 0.15) is 5.78 Å². The van der Waals surface area contributed by atoms with Gasteiger partial charge in [-0.1, -0.05) is 13.8 Å². The van der Waals surface area contributed by atoms with E-state index in [1.807, 2.05) is 13.8 Å². The maximum atomic E-state index is 11.5. The van der Waals surface area contributed by atoms with Crippen LogP contribution in [0.15, 0.2) is 0 Å². The zero-order valence-electron chi connectivity index (χ0n) is 12.2. The molecule has 0 unspecified atom stereocenters. The van der Waals surface area contributed by atoms with Gasteiger partial charge in [-0.2, -0.15) is 0 Å². The predicted octanol–water partition coefficient (Wildman–Crippen LogP) is 2.07. The van der Waals surface area contributed by atoms with Gasteiger partial charge in [-0.15, -0.1) is 0 Å². The molecule has 3 heteroatoms. The molecule has 1 heterocycles. The van der Waals surface area contributed by atoms with E-state index in [9.17, 15) is 4.79 Å². The Balaban J connectivity index is 1.60. The molecule has 1 saturated heterocycles. The zero-order chi connectivity index (χ0) is 13.2. The summed E-state index contributed by atoms with van der Waals surface area (Å²) in [5, 5.41) is 3.55. The molecule has 1 spiro atoms. The van der Waals surface area contributed by atoms with Crippen LogP contribution in [0.2, 0.25) is 0 Å². The van der Waals surface area contributed by atoms with E-state index in [2.05, 4.69) is 17.3 Å². The highest BCUT2D eigenvalue weighted by molar-refractivity contribution is 5.80. The molecule has 2 fully saturated rings. The van der Waals surface area contributed by atoms with Crippen molar-refractivity contribution in [3.05, 3.63) is 0 Å². The van der Waals surface area contributed by atoms with E-state index < -0.39 is 0 Å². The second kappa shape index (κ2) is 5.70. The molecule has 0 atom stereocenters. The van der Waals surface area contributed by atoms with Crippen LogP contribution in [0, 0.1) is 11.3 Å². The maximum absolute atomic E-state index is 11.5. The minimum atomic E-state index is 0.188. The van der Waals surface area contributed by atoms with Crippen molar-refractivity contribution in [1.29, 1.82) is 0 Å². The Morgan fingerprint density at radius 1 is 1.33 bits per heavy atom. The van der Waals surface area contributed by atoms with E-state index in [4.69, 9.17) is 0 Å². The molecular weight excluding hydrogens is 224 g/mol. The van der Waals surface area contributed by atoms with Gasteiger partial charge in [0.25, 0.3) is 0 Å². The highest BCUT2D eigenvalue weighted by atomic mass is 16.1. The Morgan fingerprint density at radius 2 is 1.94 bits per heavy atom. The van der Waals surface area contributed by atoms with Crippen molar-refractivity contribution < 1.29 is 4.79 Å². The van der Waals surface area contributed by atoms with Gasteiger partial charge >= 0.3 is 0 Å². The van der Waals surface area contributed by atoms with E-state index in [1.54, 1.807) is 0 Å². The Labute approximate surface area is 111 Å². The molecular formula is C15H28N2O. The monoisotopic (exact) mass is 252 g/mol. The number of hydrogen-bond donors (Lipinski definition) is 1. The normalized spacial score (nSPS) is 24.4. The van der Waals surface area contributed by atoms with Gasteiger partial charge in [-0.25, -0.2) is 0 Å². The summed E-state index contributed by atoms with van der Waals surface area (Å²) in [4.78, 5) is 14.0. The molecule has 0 radical (unpaired) electrons. The van der Waals surface area contributed by atoms with Crippen LogP contribution in [0.5, 0.6) is 0 Å². The van der Waals surface area contributed by atoms with E-state index in [1.165, 1.54) is 38.8 Å². The fraction of sp³-hybridized carbons (Fsp3) is 0.933. The average molecular weight is 252 g/mol. The van der Waals surface area contributed by atoms with Crippen molar-refractivity contribution in [2.45, 2.75) is 52.0 Å². The number of piperidine rings is 1. The molecule has 2 rings (SSSR count). The summed E-state index contributed by atoms with van der Waals surface area (Å²) in [6.45, 7) is 7.37. The highest BCUT2D eigenvalue weighted by Gasteiger charge is 2.44. The second-order valence-corrected chi connectivity index (χ2v) is 6.73. The van der Waals surface area contributed by atoms with E-state index in [0.29, 0.717) is 23.7 Å². The lowest BCUT2D eigenvalue weighted by molar-refractivity contribution is -0.121. The van der Waals surface area contributed by atoms with Gasteiger partial charge in [-0.3, -0.25) is 4.79 Å². The molecule has 1 saturated carbocycles. The quantitative estimate of drug-likeness (QED) is 0.813. The SMILES string of the molecule is CC(C)C(=O)CCNC1CC2(CCN(C)CC2)C1.